The Kier molecular flexibility index (Phi) is 4.02. The summed E-state index contributed by atoms with van der Waals surface area (Å²) >= 11 is 0. The summed E-state index contributed by atoms with van der Waals surface area (Å²) in [5, 5.41) is 3.85. The number of aromatic nitrogens is 2. The lowest BCUT2D eigenvalue weighted by molar-refractivity contribution is -0.132. The van der Waals surface area contributed by atoms with Crippen LogP contribution >= 0.6 is 0 Å². The maximum Gasteiger partial charge on any atom is 0.309 e. The molecule has 0 aliphatic rings. The zero-order chi connectivity index (χ0) is 15.6. The van der Waals surface area contributed by atoms with E-state index >= 15 is 0 Å². The Hall–Kier alpha value is -2.70. The lowest BCUT2D eigenvalue weighted by Gasteiger charge is -2.07. The summed E-state index contributed by atoms with van der Waals surface area (Å²) in [6.45, 7) is 4.04. The number of hydrogen-bond acceptors (Lipinski definition) is 5. The van der Waals surface area contributed by atoms with Gasteiger partial charge >= 0.3 is 5.97 Å². The van der Waals surface area contributed by atoms with E-state index in [1.54, 1.807) is 13.0 Å². The fourth-order valence-electron chi connectivity index (χ4n) is 1.73. The topological polar surface area (TPSA) is 70.4 Å². The monoisotopic (exact) mass is 292 g/mol. The third-order valence-corrected chi connectivity index (χ3v) is 2.62. The fraction of sp³-hybridized carbons (Fsp3) is 0.214. The molecule has 0 saturated heterocycles. The van der Waals surface area contributed by atoms with Gasteiger partial charge < -0.3 is 9.47 Å². The van der Waals surface area contributed by atoms with Crippen molar-refractivity contribution in [2.24, 2.45) is 0 Å². The SMILES string of the molecule is CC(=O)Oc1nn(C(C)=O)c(C)c1Oc1ccccc1F. The fourth-order valence-corrected chi connectivity index (χ4v) is 1.73. The third kappa shape index (κ3) is 3.07. The van der Waals surface area contributed by atoms with Crippen LogP contribution in [0.2, 0.25) is 0 Å². The van der Waals surface area contributed by atoms with Gasteiger partial charge in [0.15, 0.2) is 11.6 Å². The van der Waals surface area contributed by atoms with Gasteiger partial charge in [0.25, 0.3) is 5.88 Å². The first-order chi connectivity index (χ1) is 9.90. The molecule has 0 bridgehead atoms. The van der Waals surface area contributed by atoms with Crippen LogP contribution in [0.1, 0.15) is 24.3 Å². The summed E-state index contributed by atoms with van der Waals surface area (Å²) in [4.78, 5) is 22.6. The Labute approximate surface area is 120 Å². The minimum absolute atomic E-state index is 0.0190. The second kappa shape index (κ2) is 5.74. The van der Waals surface area contributed by atoms with Crippen molar-refractivity contribution in [3.05, 3.63) is 35.8 Å². The highest BCUT2D eigenvalue weighted by Gasteiger charge is 2.22. The predicted octanol–water partition coefficient (Wildman–Crippen LogP) is 2.71. The molecule has 2 aromatic rings. The van der Waals surface area contributed by atoms with Gasteiger partial charge in [-0.15, -0.1) is 5.10 Å². The van der Waals surface area contributed by atoms with Crippen LogP contribution in [0, 0.1) is 12.7 Å². The molecule has 0 saturated carbocycles. The van der Waals surface area contributed by atoms with Crippen molar-refractivity contribution in [2.75, 3.05) is 0 Å². The van der Waals surface area contributed by atoms with E-state index in [0.29, 0.717) is 5.69 Å². The van der Waals surface area contributed by atoms with Gasteiger partial charge in [-0.25, -0.2) is 4.39 Å². The minimum atomic E-state index is -0.624. The van der Waals surface area contributed by atoms with Gasteiger partial charge in [-0.05, 0) is 19.1 Å². The summed E-state index contributed by atoms with van der Waals surface area (Å²) in [7, 11) is 0. The van der Waals surface area contributed by atoms with Crippen molar-refractivity contribution in [1.29, 1.82) is 0 Å². The predicted molar refractivity (Wildman–Crippen MR) is 71.0 cm³/mol. The van der Waals surface area contributed by atoms with Crippen LogP contribution in [-0.4, -0.2) is 21.7 Å². The molecule has 0 unspecified atom stereocenters. The van der Waals surface area contributed by atoms with Gasteiger partial charge in [0, 0.05) is 13.8 Å². The number of esters is 1. The number of para-hydroxylation sites is 1. The zero-order valence-electron chi connectivity index (χ0n) is 11.7. The standard InChI is InChI=1S/C14H13FN2O4/c1-8-13(21-12-7-5-4-6-11(12)15)14(20-10(3)19)16-17(8)9(2)18/h4-7H,1-3H3. The van der Waals surface area contributed by atoms with E-state index in [4.69, 9.17) is 9.47 Å². The summed E-state index contributed by atoms with van der Waals surface area (Å²) < 4.78 is 25.0. The highest BCUT2D eigenvalue weighted by atomic mass is 19.1. The second-order valence-corrected chi connectivity index (χ2v) is 4.28. The number of hydrogen-bond donors (Lipinski definition) is 0. The van der Waals surface area contributed by atoms with Crippen molar-refractivity contribution < 1.29 is 23.5 Å². The van der Waals surface area contributed by atoms with Gasteiger partial charge in [0.05, 0.1) is 5.69 Å². The van der Waals surface area contributed by atoms with Gasteiger partial charge in [0.1, 0.15) is 0 Å². The zero-order valence-corrected chi connectivity index (χ0v) is 11.7. The van der Waals surface area contributed by atoms with E-state index in [9.17, 15) is 14.0 Å². The van der Waals surface area contributed by atoms with Crippen LogP contribution in [0.3, 0.4) is 0 Å². The second-order valence-electron chi connectivity index (χ2n) is 4.28. The lowest BCUT2D eigenvalue weighted by atomic mass is 10.3. The molecular weight excluding hydrogens is 279 g/mol. The van der Waals surface area contributed by atoms with Gasteiger partial charge in [-0.3, -0.25) is 9.59 Å². The molecule has 0 spiro atoms. The van der Waals surface area contributed by atoms with Crippen molar-refractivity contribution in [3.8, 4) is 17.4 Å². The molecule has 0 N–H and O–H groups in total. The quantitative estimate of drug-likeness (QED) is 0.813. The van der Waals surface area contributed by atoms with Crippen LogP contribution in [0.15, 0.2) is 24.3 Å². The van der Waals surface area contributed by atoms with Gasteiger partial charge in [-0.1, -0.05) is 12.1 Å². The smallest absolute Gasteiger partial charge is 0.309 e. The molecule has 0 fully saturated rings. The molecule has 0 amide bonds. The first kappa shape index (κ1) is 14.7. The van der Waals surface area contributed by atoms with Crippen molar-refractivity contribution in [2.45, 2.75) is 20.8 Å². The van der Waals surface area contributed by atoms with Crippen molar-refractivity contribution >= 4 is 11.9 Å². The summed E-state index contributed by atoms with van der Waals surface area (Å²) in [6, 6.07) is 5.75. The van der Waals surface area contributed by atoms with Crippen molar-refractivity contribution in [1.82, 2.24) is 9.78 Å². The lowest BCUT2D eigenvalue weighted by Crippen LogP contribution is -2.10. The molecular formula is C14H13FN2O4. The van der Waals surface area contributed by atoms with E-state index in [-0.39, 0.29) is 23.3 Å². The van der Waals surface area contributed by atoms with E-state index in [0.717, 1.165) is 4.68 Å². The van der Waals surface area contributed by atoms with Crippen LogP contribution in [0.5, 0.6) is 17.4 Å². The molecule has 21 heavy (non-hydrogen) atoms. The van der Waals surface area contributed by atoms with Crippen molar-refractivity contribution in [3.63, 3.8) is 0 Å². The normalized spacial score (nSPS) is 10.3. The maximum absolute atomic E-state index is 13.6. The Bertz CT molecular complexity index is 709. The average molecular weight is 292 g/mol. The first-order valence-corrected chi connectivity index (χ1v) is 6.11. The van der Waals surface area contributed by atoms with Crippen LogP contribution in [-0.2, 0) is 4.79 Å². The number of halogens is 1. The molecule has 0 radical (unpaired) electrons. The third-order valence-electron chi connectivity index (χ3n) is 2.62. The Balaban J connectivity index is 2.48. The highest BCUT2D eigenvalue weighted by Crippen LogP contribution is 2.35. The number of benzene rings is 1. The number of carbonyl (C=O) groups is 2. The Morgan fingerprint density at radius 3 is 2.48 bits per heavy atom. The highest BCUT2D eigenvalue weighted by molar-refractivity contribution is 5.78. The van der Waals surface area contributed by atoms with E-state index in [1.807, 2.05) is 0 Å². The molecule has 6 nitrogen and oxygen atoms in total. The summed E-state index contributed by atoms with van der Waals surface area (Å²) in [5.74, 6) is -1.81. The molecule has 0 aliphatic heterocycles. The van der Waals surface area contributed by atoms with Crippen LogP contribution in [0.4, 0.5) is 4.39 Å². The molecule has 110 valence electrons. The number of ether oxygens (including phenoxy) is 2. The van der Waals surface area contributed by atoms with Gasteiger partial charge in [-0.2, -0.15) is 4.68 Å². The molecule has 1 heterocycles. The Morgan fingerprint density at radius 1 is 1.24 bits per heavy atom. The molecule has 2 rings (SSSR count). The molecule has 0 atom stereocenters. The van der Waals surface area contributed by atoms with Gasteiger partial charge in [0.2, 0.25) is 11.7 Å². The van der Waals surface area contributed by atoms with E-state index in [2.05, 4.69) is 5.10 Å². The van der Waals surface area contributed by atoms with E-state index in [1.165, 1.54) is 32.0 Å². The number of nitrogens with zero attached hydrogens (tertiary/aromatic N) is 2. The summed E-state index contributed by atoms with van der Waals surface area (Å²) in [5.41, 5.74) is 0.307. The van der Waals surface area contributed by atoms with Crippen LogP contribution in [0.25, 0.3) is 0 Å². The number of rotatable bonds is 3. The average Bonchev–Trinajstić information content (AvgIpc) is 2.69. The summed E-state index contributed by atoms with van der Waals surface area (Å²) in [6.07, 6.45) is 0. The molecule has 1 aromatic heterocycles. The number of carbonyl (C=O) groups excluding carboxylic acids is 2. The molecule has 0 aliphatic carbocycles. The molecule has 1 aromatic carbocycles. The molecule has 7 heteroatoms. The van der Waals surface area contributed by atoms with E-state index < -0.39 is 11.8 Å². The first-order valence-electron chi connectivity index (χ1n) is 6.11. The minimum Gasteiger partial charge on any atom is -0.447 e. The Morgan fingerprint density at radius 2 is 1.90 bits per heavy atom. The largest absolute Gasteiger partial charge is 0.447 e. The maximum atomic E-state index is 13.6. The van der Waals surface area contributed by atoms with Crippen LogP contribution < -0.4 is 9.47 Å².